The fourth-order valence-corrected chi connectivity index (χ4v) is 3.06. The molecule has 2 rings (SSSR count). The number of nitro groups is 1. The molecule has 9 heteroatoms. The minimum absolute atomic E-state index is 0.131. The highest BCUT2D eigenvalue weighted by Crippen LogP contribution is 2.36. The van der Waals surface area contributed by atoms with E-state index in [0.717, 1.165) is 6.42 Å². The Hall–Kier alpha value is -2.09. The van der Waals surface area contributed by atoms with Crippen LogP contribution in [-0.2, 0) is 4.74 Å². The van der Waals surface area contributed by atoms with Gasteiger partial charge in [-0.1, -0.05) is 11.6 Å². The molecule has 2 heterocycles. The maximum absolute atomic E-state index is 12.0. The minimum atomic E-state index is -0.527. The van der Waals surface area contributed by atoms with Crippen LogP contribution >= 0.6 is 11.6 Å². The smallest absolute Gasteiger partial charge is 0.407 e. The molecule has 1 aromatic heterocycles. The van der Waals surface area contributed by atoms with Crippen LogP contribution in [0.5, 0.6) is 0 Å². The summed E-state index contributed by atoms with van der Waals surface area (Å²) >= 11 is 5.97. The van der Waals surface area contributed by atoms with Crippen molar-refractivity contribution in [1.29, 1.82) is 0 Å². The molecule has 0 bridgehead atoms. The zero-order valence-electron chi connectivity index (χ0n) is 14.8. The molecule has 1 aliphatic heterocycles. The Kier molecular flexibility index (Phi) is 5.72. The molecule has 8 nitrogen and oxygen atoms in total. The van der Waals surface area contributed by atoms with Gasteiger partial charge in [-0.2, -0.15) is 0 Å². The average Bonchev–Trinajstić information content (AvgIpc) is 2.43. The van der Waals surface area contributed by atoms with Crippen LogP contribution in [0, 0.1) is 17.0 Å². The number of hydrogen-bond acceptors (Lipinski definition) is 6. The molecule has 0 aromatic carbocycles. The summed E-state index contributed by atoms with van der Waals surface area (Å²) in [4.78, 5) is 28.6. The van der Waals surface area contributed by atoms with E-state index in [0.29, 0.717) is 30.9 Å². The van der Waals surface area contributed by atoms with Crippen molar-refractivity contribution in [3.05, 3.63) is 27.0 Å². The van der Waals surface area contributed by atoms with Gasteiger partial charge >= 0.3 is 11.8 Å². The summed E-state index contributed by atoms with van der Waals surface area (Å²) in [5.74, 6) is 0. The number of nitrogens with zero attached hydrogens (tertiary/aromatic N) is 3. The van der Waals surface area contributed by atoms with Gasteiger partial charge in [0.15, 0.2) is 0 Å². The summed E-state index contributed by atoms with van der Waals surface area (Å²) in [6.45, 7) is 8.33. The summed E-state index contributed by atoms with van der Waals surface area (Å²) in [6.07, 6.45) is 0.629. The van der Waals surface area contributed by atoms with Gasteiger partial charge in [0.2, 0.25) is 5.15 Å². The Morgan fingerprint density at radius 3 is 2.80 bits per heavy atom. The van der Waals surface area contributed by atoms with Gasteiger partial charge in [0, 0.05) is 17.8 Å². The average molecular weight is 371 g/mol. The van der Waals surface area contributed by atoms with Gasteiger partial charge in [-0.25, -0.2) is 9.78 Å². The molecule has 1 N–H and O–H groups in total. The number of aryl methyl sites for hydroxylation is 1. The van der Waals surface area contributed by atoms with E-state index in [1.807, 2.05) is 25.7 Å². The predicted molar refractivity (Wildman–Crippen MR) is 95.2 cm³/mol. The maximum Gasteiger partial charge on any atom is 0.407 e. The Balaban J connectivity index is 2.16. The van der Waals surface area contributed by atoms with E-state index >= 15 is 0 Å². The van der Waals surface area contributed by atoms with Gasteiger partial charge in [0.05, 0.1) is 11.5 Å². The number of anilines is 1. The van der Waals surface area contributed by atoms with E-state index in [2.05, 4.69) is 10.3 Å². The number of piperidine rings is 1. The molecule has 1 aromatic rings. The third-order valence-electron chi connectivity index (χ3n) is 3.71. The molecule has 0 spiro atoms. The lowest BCUT2D eigenvalue weighted by molar-refractivity contribution is -0.384. The number of carbonyl (C=O) groups excluding carboxylic acids is 1. The van der Waals surface area contributed by atoms with Gasteiger partial charge in [-0.15, -0.1) is 0 Å². The molecule has 0 aliphatic carbocycles. The molecule has 1 unspecified atom stereocenters. The number of aromatic nitrogens is 1. The van der Waals surface area contributed by atoms with Crippen LogP contribution in [0.2, 0.25) is 5.15 Å². The lowest BCUT2D eigenvalue weighted by atomic mass is 10.1. The number of pyridine rings is 1. The molecule has 1 saturated heterocycles. The molecule has 1 fully saturated rings. The summed E-state index contributed by atoms with van der Waals surface area (Å²) < 4.78 is 5.47. The van der Waals surface area contributed by atoms with E-state index in [4.69, 9.17) is 16.3 Å². The molecule has 0 saturated carbocycles. The van der Waals surface area contributed by atoms with E-state index in [1.54, 1.807) is 13.0 Å². The summed E-state index contributed by atoms with van der Waals surface area (Å²) in [6, 6.07) is 1.64. The third-order valence-corrected chi connectivity index (χ3v) is 3.97. The number of halogens is 1. The van der Waals surface area contributed by atoms with Crippen LogP contribution in [-0.4, -0.2) is 40.7 Å². The van der Waals surface area contributed by atoms with Crippen molar-refractivity contribution in [2.24, 2.45) is 0 Å². The van der Waals surface area contributed by atoms with Crippen LogP contribution in [0.3, 0.4) is 0 Å². The van der Waals surface area contributed by atoms with Crippen LogP contribution < -0.4 is 10.2 Å². The Bertz CT molecular complexity index is 675. The molecule has 0 radical (unpaired) electrons. The van der Waals surface area contributed by atoms with Gasteiger partial charge < -0.3 is 15.0 Å². The highest BCUT2D eigenvalue weighted by atomic mass is 35.5. The SMILES string of the molecule is Cc1cc(N2CCCC(OC(=O)NC(C)(C)C)C2)c([N+](=O)[O-])c(Cl)n1. The lowest BCUT2D eigenvalue weighted by Crippen LogP contribution is -2.46. The van der Waals surface area contributed by atoms with E-state index in [9.17, 15) is 14.9 Å². The largest absolute Gasteiger partial charge is 0.444 e. The molecule has 1 atom stereocenters. The summed E-state index contributed by atoms with van der Waals surface area (Å²) in [5.41, 5.74) is 0.401. The number of ether oxygens (including phenoxy) is 1. The molecule has 1 aliphatic rings. The standard InChI is InChI=1S/C16H23ClN4O4/c1-10-8-12(13(21(23)24)14(17)18-10)20-7-5-6-11(9-20)25-15(22)19-16(2,3)4/h8,11H,5-7,9H2,1-4H3,(H,19,22). The lowest BCUT2D eigenvalue weighted by Gasteiger charge is -2.34. The van der Waals surface area contributed by atoms with Crippen LogP contribution in [0.1, 0.15) is 39.3 Å². The summed E-state index contributed by atoms with van der Waals surface area (Å²) in [5, 5.41) is 14.0. The first kappa shape index (κ1) is 19.2. The molecule has 25 heavy (non-hydrogen) atoms. The third kappa shape index (κ3) is 5.19. The molecular weight excluding hydrogens is 348 g/mol. The summed E-state index contributed by atoms with van der Waals surface area (Å²) in [7, 11) is 0. The number of nitrogens with one attached hydrogen (secondary N) is 1. The highest BCUT2D eigenvalue weighted by molar-refractivity contribution is 6.32. The first-order valence-corrected chi connectivity index (χ1v) is 8.50. The topological polar surface area (TPSA) is 97.6 Å². The monoisotopic (exact) mass is 370 g/mol. The number of carbonyl (C=O) groups is 1. The second-order valence-corrected chi connectivity index (χ2v) is 7.53. The first-order chi connectivity index (χ1) is 11.6. The predicted octanol–water partition coefficient (Wildman–Crippen LogP) is 3.45. The maximum atomic E-state index is 12.0. The van der Waals surface area contributed by atoms with Gasteiger partial charge in [-0.3, -0.25) is 10.1 Å². The van der Waals surface area contributed by atoms with E-state index in [1.165, 1.54) is 0 Å². The molecular formula is C16H23ClN4O4. The van der Waals surface area contributed by atoms with Gasteiger partial charge in [-0.05, 0) is 46.6 Å². The van der Waals surface area contributed by atoms with Crippen LogP contribution in [0.15, 0.2) is 6.07 Å². The minimum Gasteiger partial charge on any atom is -0.444 e. The quantitative estimate of drug-likeness (QED) is 0.497. The molecule has 1 amide bonds. The van der Waals surface area contributed by atoms with Crippen molar-refractivity contribution in [2.75, 3.05) is 18.0 Å². The Labute approximate surface area is 151 Å². The van der Waals surface area contributed by atoms with Crippen molar-refractivity contribution in [1.82, 2.24) is 10.3 Å². The number of rotatable bonds is 3. The number of hydrogen-bond donors (Lipinski definition) is 1. The second kappa shape index (κ2) is 7.43. The van der Waals surface area contributed by atoms with Crippen molar-refractivity contribution < 1.29 is 14.5 Å². The number of amides is 1. The Morgan fingerprint density at radius 1 is 1.52 bits per heavy atom. The van der Waals surface area contributed by atoms with Crippen molar-refractivity contribution in [2.45, 2.75) is 52.2 Å². The zero-order valence-corrected chi connectivity index (χ0v) is 15.6. The van der Waals surface area contributed by atoms with Crippen molar-refractivity contribution >= 4 is 29.1 Å². The highest BCUT2D eigenvalue weighted by Gasteiger charge is 2.30. The van der Waals surface area contributed by atoms with Gasteiger partial charge in [0.25, 0.3) is 0 Å². The van der Waals surface area contributed by atoms with E-state index < -0.39 is 11.0 Å². The fraction of sp³-hybridized carbons (Fsp3) is 0.625. The van der Waals surface area contributed by atoms with E-state index in [-0.39, 0.29) is 22.5 Å². The van der Waals surface area contributed by atoms with Crippen LogP contribution in [0.25, 0.3) is 0 Å². The normalized spacial score (nSPS) is 18.0. The second-order valence-electron chi connectivity index (χ2n) is 7.17. The van der Waals surface area contributed by atoms with Gasteiger partial charge in [0.1, 0.15) is 11.8 Å². The first-order valence-electron chi connectivity index (χ1n) is 8.12. The van der Waals surface area contributed by atoms with Crippen LogP contribution in [0.4, 0.5) is 16.2 Å². The van der Waals surface area contributed by atoms with Crippen molar-refractivity contribution in [3.8, 4) is 0 Å². The van der Waals surface area contributed by atoms with Crippen molar-refractivity contribution in [3.63, 3.8) is 0 Å². The number of alkyl carbamates (subject to hydrolysis) is 1. The zero-order chi connectivity index (χ0) is 18.8. The Morgan fingerprint density at radius 2 is 2.20 bits per heavy atom. The molecule has 138 valence electrons. The fourth-order valence-electron chi connectivity index (χ4n) is 2.76.